The maximum Gasteiger partial charge on any atom is 0.158 e. The van der Waals surface area contributed by atoms with Crippen LogP contribution >= 0.6 is 0 Å². The number of nitrogens with one attached hydrogen (secondary N) is 4. The Balaban J connectivity index is 1.57. The molecule has 4 N–H and O–H groups in total. The molecule has 0 saturated heterocycles. The normalized spacial score (nSPS) is 27.4. The molecule has 2 fully saturated rings. The van der Waals surface area contributed by atoms with Gasteiger partial charge in [0.2, 0.25) is 0 Å². The molecule has 5 rings (SSSR count). The first-order valence-electron chi connectivity index (χ1n) is 10.7. The number of nitrogens with zero attached hydrogens (tertiary/aromatic N) is 4. The number of anilines is 2. The van der Waals surface area contributed by atoms with Crippen LogP contribution in [0.3, 0.4) is 0 Å². The molecule has 4 aliphatic rings. The molecule has 3 heterocycles. The average molecular weight is 383 g/mol. The number of amidine groups is 2. The second-order valence-corrected chi connectivity index (χ2v) is 8.55. The Hall–Kier alpha value is -2.38. The summed E-state index contributed by atoms with van der Waals surface area (Å²) in [5.41, 5.74) is 1.28. The van der Waals surface area contributed by atoms with Crippen molar-refractivity contribution in [3.8, 4) is 0 Å². The Morgan fingerprint density at radius 3 is 1.36 bits per heavy atom. The Morgan fingerprint density at radius 2 is 1.00 bits per heavy atom. The maximum atomic E-state index is 4.98. The number of aromatic nitrogens is 2. The number of fused-ring (bicyclic) bond motifs is 2. The molecular weight excluding hydrogens is 352 g/mol. The highest BCUT2D eigenvalue weighted by Crippen LogP contribution is 2.37. The van der Waals surface area contributed by atoms with Crippen molar-refractivity contribution in [2.24, 2.45) is 9.98 Å². The lowest BCUT2D eigenvalue weighted by molar-refractivity contribution is 0.294. The van der Waals surface area contributed by atoms with E-state index in [1.807, 2.05) is 14.1 Å². The van der Waals surface area contributed by atoms with Gasteiger partial charge in [0.15, 0.2) is 23.3 Å². The van der Waals surface area contributed by atoms with Crippen LogP contribution in [-0.2, 0) is 0 Å². The SMILES string of the molecule is CN=C1NC2(CCCCC2)Nc2nc3c(nc21)NC1(CCCCC1)NC3=NC. The van der Waals surface area contributed by atoms with Crippen LogP contribution in [0.5, 0.6) is 0 Å². The smallest absolute Gasteiger partial charge is 0.158 e. The zero-order chi connectivity index (χ0) is 19.2. The second kappa shape index (κ2) is 6.60. The molecule has 0 atom stereocenters. The second-order valence-electron chi connectivity index (χ2n) is 8.55. The molecule has 0 aromatic carbocycles. The van der Waals surface area contributed by atoms with Crippen LogP contribution in [-0.4, -0.2) is 47.1 Å². The monoisotopic (exact) mass is 382 g/mol. The van der Waals surface area contributed by atoms with Gasteiger partial charge in [-0.05, 0) is 51.4 Å². The summed E-state index contributed by atoms with van der Waals surface area (Å²) in [6.45, 7) is 0. The van der Waals surface area contributed by atoms with Gasteiger partial charge in [0.05, 0.1) is 0 Å². The van der Waals surface area contributed by atoms with Gasteiger partial charge in [0.25, 0.3) is 0 Å². The van der Waals surface area contributed by atoms with Gasteiger partial charge in [-0.1, -0.05) is 12.8 Å². The van der Waals surface area contributed by atoms with Gasteiger partial charge in [-0.3, -0.25) is 9.98 Å². The molecule has 8 heteroatoms. The minimum atomic E-state index is -0.160. The summed E-state index contributed by atoms with van der Waals surface area (Å²) in [7, 11) is 3.65. The molecular formula is C20H30N8. The third-order valence-corrected chi connectivity index (χ3v) is 6.64. The third kappa shape index (κ3) is 2.81. The summed E-state index contributed by atoms with van der Waals surface area (Å²) in [4.78, 5) is 19.0. The van der Waals surface area contributed by atoms with E-state index in [0.717, 1.165) is 60.4 Å². The van der Waals surface area contributed by atoms with Gasteiger partial charge in [0.1, 0.15) is 22.7 Å². The van der Waals surface area contributed by atoms with E-state index in [4.69, 9.17) is 9.97 Å². The predicted octanol–water partition coefficient (Wildman–Crippen LogP) is 2.58. The average Bonchev–Trinajstić information content (AvgIpc) is 2.73. The molecule has 28 heavy (non-hydrogen) atoms. The van der Waals surface area contributed by atoms with Crippen molar-refractivity contribution in [2.45, 2.75) is 75.5 Å². The fraction of sp³-hybridized carbons (Fsp3) is 0.700. The van der Waals surface area contributed by atoms with E-state index in [-0.39, 0.29) is 11.3 Å². The molecule has 0 amide bonds. The molecule has 0 radical (unpaired) electrons. The van der Waals surface area contributed by atoms with Gasteiger partial charge in [-0.25, -0.2) is 9.97 Å². The van der Waals surface area contributed by atoms with E-state index in [1.54, 1.807) is 0 Å². The number of rotatable bonds is 0. The molecule has 2 saturated carbocycles. The first-order chi connectivity index (χ1) is 13.7. The largest absolute Gasteiger partial charge is 0.346 e. The molecule has 150 valence electrons. The molecule has 1 aromatic heterocycles. The maximum absolute atomic E-state index is 4.98. The highest BCUT2D eigenvalue weighted by molar-refractivity contribution is 6.07. The van der Waals surface area contributed by atoms with Crippen LogP contribution in [0, 0.1) is 0 Å². The van der Waals surface area contributed by atoms with Crippen LogP contribution < -0.4 is 21.3 Å². The Kier molecular flexibility index (Phi) is 4.17. The molecule has 2 aliphatic heterocycles. The Labute approximate surface area is 166 Å². The van der Waals surface area contributed by atoms with E-state index in [9.17, 15) is 0 Å². The summed E-state index contributed by atoms with van der Waals surface area (Å²) in [6.07, 6.45) is 11.7. The van der Waals surface area contributed by atoms with Gasteiger partial charge in [-0.15, -0.1) is 0 Å². The standard InChI is InChI=1S/C20H30N8/c1-21-15-13-17(27-19(25-15)9-5-3-6-10-19)24-14-16(22-2)26-20(28-18(14)23-13)11-7-4-8-12-20/h3-12H2,1-2H3,(H,21,25)(H,22,26)(H,23,28)(H,24,27). The quantitative estimate of drug-likeness (QED) is 0.550. The lowest BCUT2D eigenvalue weighted by Gasteiger charge is -2.45. The van der Waals surface area contributed by atoms with Crippen molar-refractivity contribution >= 4 is 23.3 Å². The minimum absolute atomic E-state index is 0.160. The highest BCUT2D eigenvalue weighted by atomic mass is 15.3. The van der Waals surface area contributed by atoms with Crippen molar-refractivity contribution in [3.63, 3.8) is 0 Å². The van der Waals surface area contributed by atoms with Crippen LogP contribution in [0.4, 0.5) is 11.6 Å². The fourth-order valence-electron chi connectivity index (χ4n) is 5.16. The zero-order valence-electron chi connectivity index (χ0n) is 16.9. The van der Waals surface area contributed by atoms with E-state index in [1.165, 1.54) is 38.5 Å². The van der Waals surface area contributed by atoms with Gasteiger partial charge < -0.3 is 21.3 Å². The lowest BCUT2D eigenvalue weighted by atomic mass is 9.87. The molecule has 0 unspecified atom stereocenters. The molecule has 1 aromatic rings. The molecule has 8 nitrogen and oxygen atoms in total. The van der Waals surface area contributed by atoms with Gasteiger partial charge in [0, 0.05) is 14.1 Å². The first kappa shape index (κ1) is 17.7. The predicted molar refractivity (Wildman–Crippen MR) is 112 cm³/mol. The Bertz CT molecular complexity index is 761. The topological polar surface area (TPSA) is 98.6 Å². The van der Waals surface area contributed by atoms with Gasteiger partial charge >= 0.3 is 0 Å². The van der Waals surface area contributed by atoms with E-state index in [0.29, 0.717) is 0 Å². The van der Waals surface area contributed by atoms with E-state index < -0.39 is 0 Å². The fourth-order valence-corrected chi connectivity index (χ4v) is 5.16. The number of hydrogen-bond donors (Lipinski definition) is 4. The summed E-state index contributed by atoms with van der Waals surface area (Å²) >= 11 is 0. The summed E-state index contributed by atoms with van der Waals surface area (Å²) in [5, 5.41) is 14.6. The summed E-state index contributed by atoms with van der Waals surface area (Å²) in [6, 6.07) is 0. The van der Waals surface area contributed by atoms with Crippen molar-refractivity contribution < 1.29 is 0 Å². The minimum Gasteiger partial charge on any atom is -0.346 e. The van der Waals surface area contributed by atoms with E-state index in [2.05, 4.69) is 31.3 Å². The first-order valence-corrected chi connectivity index (χ1v) is 10.7. The van der Waals surface area contributed by atoms with Crippen molar-refractivity contribution in [1.29, 1.82) is 0 Å². The number of hydrogen-bond acceptors (Lipinski definition) is 6. The molecule has 2 aliphatic carbocycles. The van der Waals surface area contributed by atoms with Crippen LogP contribution in [0.1, 0.15) is 75.6 Å². The highest BCUT2D eigenvalue weighted by Gasteiger charge is 2.42. The lowest BCUT2D eigenvalue weighted by Crippen LogP contribution is -2.61. The van der Waals surface area contributed by atoms with Crippen molar-refractivity contribution in [2.75, 3.05) is 24.7 Å². The Morgan fingerprint density at radius 1 is 0.607 bits per heavy atom. The van der Waals surface area contributed by atoms with E-state index >= 15 is 0 Å². The van der Waals surface area contributed by atoms with Crippen LogP contribution in [0.15, 0.2) is 9.98 Å². The molecule has 2 spiro atoms. The summed E-state index contributed by atoms with van der Waals surface area (Å²) in [5.74, 6) is 3.28. The van der Waals surface area contributed by atoms with Crippen LogP contribution in [0.2, 0.25) is 0 Å². The zero-order valence-corrected chi connectivity index (χ0v) is 16.9. The summed E-state index contributed by atoms with van der Waals surface area (Å²) < 4.78 is 0. The molecule has 0 bridgehead atoms. The van der Waals surface area contributed by atoms with Crippen molar-refractivity contribution in [3.05, 3.63) is 11.4 Å². The van der Waals surface area contributed by atoms with Gasteiger partial charge in [-0.2, -0.15) is 0 Å². The van der Waals surface area contributed by atoms with Crippen LogP contribution in [0.25, 0.3) is 0 Å². The van der Waals surface area contributed by atoms with Crippen molar-refractivity contribution in [1.82, 2.24) is 20.6 Å². The third-order valence-electron chi connectivity index (χ3n) is 6.64. The number of aliphatic imine (C=N–C) groups is 2.